The van der Waals surface area contributed by atoms with E-state index in [0.717, 1.165) is 11.1 Å². The van der Waals surface area contributed by atoms with Gasteiger partial charge in [0, 0.05) is 6.07 Å². The van der Waals surface area contributed by atoms with Gasteiger partial charge >= 0.3 is 0 Å². The summed E-state index contributed by atoms with van der Waals surface area (Å²) in [7, 11) is 3.10. The van der Waals surface area contributed by atoms with E-state index in [1.54, 1.807) is 26.4 Å². The molecule has 1 heterocycles. The molecule has 0 aliphatic carbocycles. The van der Waals surface area contributed by atoms with Crippen LogP contribution in [0.25, 0.3) is 10.9 Å². The maximum atomic E-state index is 12.7. The average Bonchev–Trinajstić information content (AvgIpc) is 2.81. The molecule has 6 nitrogen and oxygen atoms in total. The first-order valence-corrected chi connectivity index (χ1v) is 10.5. The quantitative estimate of drug-likeness (QED) is 0.454. The second-order valence-electron chi connectivity index (χ2n) is 7.81. The highest BCUT2D eigenvalue weighted by Gasteiger charge is 2.16. The summed E-state index contributed by atoms with van der Waals surface area (Å²) in [6.07, 6.45) is 0. The highest BCUT2D eigenvalue weighted by Crippen LogP contribution is 2.30. The molecule has 1 aromatic heterocycles. The number of aromatic nitrogens is 2. The van der Waals surface area contributed by atoms with Gasteiger partial charge in [-0.2, -0.15) is 0 Å². The van der Waals surface area contributed by atoms with E-state index in [-0.39, 0.29) is 11.6 Å². The molecule has 32 heavy (non-hydrogen) atoms. The summed E-state index contributed by atoms with van der Waals surface area (Å²) in [6.45, 7) is 4.62. The van der Waals surface area contributed by atoms with E-state index in [2.05, 4.69) is 59.5 Å². The molecule has 0 spiro atoms. The van der Waals surface area contributed by atoms with Gasteiger partial charge in [-0.3, -0.25) is 10.1 Å². The van der Waals surface area contributed by atoms with Crippen LogP contribution in [0.2, 0.25) is 0 Å². The van der Waals surface area contributed by atoms with Crippen molar-refractivity contribution >= 4 is 10.9 Å². The number of ether oxygens (including phenoxy) is 2. The molecule has 0 saturated heterocycles. The molecule has 2 N–H and O–H groups in total. The van der Waals surface area contributed by atoms with Gasteiger partial charge in [0.15, 0.2) is 11.5 Å². The molecule has 3 aromatic carbocycles. The van der Waals surface area contributed by atoms with Crippen molar-refractivity contribution in [3.63, 3.8) is 0 Å². The molecule has 4 rings (SSSR count). The van der Waals surface area contributed by atoms with Gasteiger partial charge in [-0.15, -0.1) is 0 Å². The van der Waals surface area contributed by atoms with Gasteiger partial charge in [-0.05, 0) is 42.2 Å². The summed E-state index contributed by atoms with van der Waals surface area (Å²) < 4.78 is 10.7. The monoisotopic (exact) mass is 429 g/mol. The fourth-order valence-corrected chi connectivity index (χ4v) is 3.81. The molecule has 0 aliphatic rings. The smallest absolute Gasteiger partial charge is 0.258 e. The van der Waals surface area contributed by atoms with E-state index in [4.69, 9.17) is 9.47 Å². The molecule has 0 bridgehead atoms. The number of hydrogen-bond acceptors (Lipinski definition) is 5. The number of aromatic amines is 1. The first kappa shape index (κ1) is 21.6. The molecular formula is C26H27N3O3. The van der Waals surface area contributed by atoms with Crippen molar-refractivity contribution in [3.05, 3.63) is 99.1 Å². The number of methoxy groups -OCH3 is 2. The zero-order valence-corrected chi connectivity index (χ0v) is 18.7. The molecule has 1 atom stereocenters. The molecule has 0 aliphatic heterocycles. The van der Waals surface area contributed by atoms with Crippen LogP contribution in [-0.4, -0.2) is 24.2 Å². The molecule has 6 heteroatoms. The summed E-state index contributed by atoms with van der Waals surface area (Å²) in [4.78, 5) is 20.3. The lowest BCUT2D eigenvalue weighted by Crippen LogP contribution is -2.25. The van der Waals surface area contributed by atoms with Gasteiger partial charge in [-0.1, -0.05) is 48.5 Å². The first-order valence-electron chi connectivity index (χ1n) is 10.5. The van der Waals surface area contributed by atoms with Crippen LogP contribution in [0.4, 0.5) is 0 Å². The second kappa shape index (κ2) is 9.24. The van der Waals surface area contributed by atoms with Gasteiger partial charge < -0.3 is 14.5 Å². The van der Waals surface area contributed by atoms with Crippen LogP contribution in [0.1, 0.15) is 34.1 Å². The van der Waals surface area contributed by atoms with E-state index in [0.29, 0.717) is 34.8 Å². The predicted molar refractivity (Wildman–Crippen MR) is 127 cm³/mol. The van der Waals surface area contributed by atoms with Crippen molar-refractivity contribution in [1.82, 2.24) is 15.3 Å². The second-order valence-corrected chi connectivity index (χ2v) is 7.81. The number of nitrogens with one attached hydrogen (secondary N) is 2. The topological polar surface area (TPSA) is 76.2 Å². The molecule has 164 valence electrons. The van der Waals surface area contributed by atoms with Crippen LogP contribution in [0.15, 0.2) is 65.5 Å². The van der Waals surface area contributed by atoms with Crippen molar-refractivity contribution in [2.75, 3.05) is 14.2 Å². The number of hydrogen-bond donors (Lipinski definition) is 2. The largest absolute Gasteiger partial charge is 0.493 e. The van der Waals surface area contributed by atoms with Crippen LogP contribution >= 0.6 is 0 Å². The molecule has 0 radical (unpaired) electrons. The van der Waals surface area contributed by atoms with Gasteiger partial charge in [0.05, 0.1) is 37.7 Å². The highest BCUT2D eigenvalue weighted by atomic mass is 16.5. The van der Waals surface area contributed by atoms with Gasteiger partial charge in [0.1, 0.15) is 5.82 Å². The number of rotatable bonds is 7. The van der Waals surface area contributed by atoms with Gasteiger partial charge in [0.25, 0.3) is 5.56 Å². The van der Waals surface area contributed by atoms with Gasteiger partial charge in [-0.25, -0.2) is 4.98 Å². The Morgan fingerprint density at radius 2 is 1.62 bits per heavy atom. The van der Waals surface area contributed by atoms with E-state index >= 15 is 0 Å². The zero-order chi connectivity index (χ0) is 22.7. The molecule has 0 unspecified atom stereocenters. The summed E-state index contributed by atoms with van der Waals surface area (Å²) in [6, 6.07) is 20.1. The molecule has 0 amide bonds. The molecule has 4 aromatic rings. The van der Waals surface area contributed by atoms with Crippen molar-refractivity contribution < 1.29 is 9.47 Å². The Kier molecular flexibility index (Phi) is 6.23. The molecular weight excluding hydrogens is 402 g/mol. The van der Waals surface area contributed by atoms with Gasteiger partial charge in [0.2, 0.25) is 0 Å². The van der Waals surface area contributed by atoms with Crippen LogP contribution in [0.3, 0.4) is 0 Å². The molecule has 0 saturated carbocycles. The van der Waals surface area contributed by atoms with Crippen LogP contribution in [0.5, 0.6) is 11.5 Å². The Bertz CT molecular complexity index is 1300. The van der Waals surface area contributed by atoms with Crippen molar-refractivity contribution in [3.8, 4) is 11.5 Å². The van der Waals surface area contributed by atoms with Crippen molar-refractivity contribution in [1.29, 1.82) is 0 Å². The number of H-pyrrole nitrogens is 1. The normalized spacial score (nSPS) is 12.0. The Balaban J connectivity index is 1.68. The lowest BCUT2D eigenvalue weighted by molar-refractivity contribution is 0.355. The fraction of sp³-hybridized carbons (Fsp3) is 0.231. The van der Waals surface area contributed by atoms with Crippen LogP contribution < -0.4 is 20.3 Å². The maximum Gasteiger partial charge on any atom is 0.258 e. The Morgan fingerprint density at radius 1 is 0.906 bits per heavy atom. The third kappa shape index (κ3) is 4.36. The SMILES string of the molecule is COc1cc2nc(CN[C@@H](c3ccccc3)c3ccc(C)c(C)c3)[nH]c(=O)c2cc1OC. The lowest BCUT2D eigenvalue weighted by Gasteiger charge is -2.21. The number of fused-ring (bicyclic) bond motifs is 1. The Hall–Kier alpha value is -3.64. The summed E-state index contributed by atoms with van der Waals surface area (Å²) in [5, 5.41) is 4.03. The number of benzene rings is 3. The maximum absolute atomic E-state index is 12.7. The lowest BCUT2D eigenvalue weighted by atomic mass is 9.95. The van der Waals surface area contributed by atoms with Crippen LogP contribution in [0, 0.1) is 13.8 Å². The highest BCUT2D eigenvalue weighted by molar-refractivity contribution is 5.81. The van der Waals surface area contributed by atoms with E-state index in [1.807, 2.05) is 18.2 Å². The van der Waals surface area contributed by atoms with Crippen molar-refractivity contribution in [2.24, 2.45) is 0 Å². The predicted octanol–water partition coefficient (Wildman–Crippen LogP) is 4.44. The minimum Gasteiger partial charge on any atom is -0.493 e. The standard InChI is InChI=1S/C26H27N3O3/c1-16-10-11-19(12-17(16)2)25(18-8-6-5-7-9-18)27-15-24-28-21-14-23(32-4)22(31-3)13-20(21)26(30)29-24/h5-14,25,27H,15H2,1-4H3,(H,28,29,30)/t25-/m0/s1. The zero-order valence-electron chi connectivity index (χ0n) is 18.7. The van der Waals surface area contributed by atoms with Crippen molar-refractivity contribution in [2.45, 2.75) is 26.4 Å². The third-order valence-corrected chi connectivity index (χ3v) is 5.73. The van der Waals surface area contributed by atoms with E-state index in [9.17, 15) is 4.79 Å². The van der Waals surface area contributed by atoms with E-state index < -0.39 is 0 Å². The summed E-state index contributed by atoms with van der Waals surface area (Å²) in [5.41, 5.74) is 5.15. The number of nitrogens with zero attached hydrogens (tertiary/aromatic N) is 1. The average molecular weight is 430 g/mol. The fourth-order valence-electron chi connectivity index (χ4n) is 3.81. The van der Waals surface area contributed by atoms with Crippen LogP contribution in [-0.2, 0) is 6.54 Å². The summed E-state index contributed by atoms with van der Waals surface area (Å²) in [5.74, 6) is 1.59. The number of aryl methyl sites for hydroxylation is 2. The third-order valence-electron chi connectivity index (χ3n) is 5.73. The first-order chi connectivity index (χ1) is 15.5. The summed E-state index contributed by atoms with van der Waals surface area (Å²) >= 11 is 0. The Morgan fingerprint density at radius 3 is 2.31 bits per heavy atom. The van der Waals surface area contributed by atoms with E-state index in [1.165, 1.54) is 11.1 Å². The Labute approximate surface area is 187 Å². The molecule has 0 fully saturated rings. The minimum atomic E-state index is -0.213. The minimum absolute atomic E-state index is 0.0399.